The molecule has 2 aliphatic rings. The lowest BCUT2D eigenvalue weighted by Gasteiger charge is -2.33. The molecule has 1 atom stereocenters. The average molecular weight is 461 g/mol. The van der Waals surface area contributed by atoms with Crippen LogP contribution in [-0.4, -0.2) is 63.6 Å². The summed E-state index contributed by atoms with van der Waals surface area (Å²) in [5.74, 6) is -0.884. The number of fused-ring (bicyclic) bond motifs is 1. The molecule has 0 bridgehead atoms. The minimum atomic E-state index is -3.77. The zero-order valence-electron chi connectivity index (χ0n) is 17.8. The zero-order chi connectivity index (χ0) is 22.9. The van der Waals surface area contributed by atoms with E-state index in [0.29, 0.717) is 24.3 Å². The fourth-order valence-electron chi connectivity index (χ4n) is 3.80. The summed E-state index contributed by atoms with van der Waals surface area (Å²) in [5.41, 5.74) is -0.163. The number of cyclic esters (lactones) is 1. The maximum atomic E-state index is 13.2. The lowest BCUT2D eigenvalue weighted by Crippen LogP contribution is -2.49. The molecule has 170 valence electrons. The van der Waals surface area contributed by atoms with Gasteiger partial charge in [-0.05, 0) is 36.8 Å². The molecule has 0 radical (unpaired) electrons. The van der Waals surface area contributed by atoms with Crippen LogP contribution >= 0.6 is 0 Å². The number of benzene rings is 2. The van der Waals surface area contributed by atoms with Gasteiger partial charge in [0.05, 0.1) is 36.5 Å². The summed E-state index contributed by atoms with van der Waals surface area (Å²) in [6.45, 7) is 2.68. The molecule has 2 aliphatic heterocycles. The van der Waals surface area contributed by atoms with Crippen LogP contribution in [0.4, 0.5) is 5.69 Å². The summed E-state index contributed by atoms with van der Waals surface area (Å²) in [6.07, 6.45) is 0.189. The van der Waals surface area contributed by atoms with E-state index >= 15 is 0 Å². The molecule has 2 aromatic rings. The van der Waals surface area contributed by atoms with Crippen LogP contribution < -0.4 is 10.1 Å². The number of ether oxygens (including phenoxy) is 3. The van der Waals surface area contributed by atoms with Crippen LogP contribution in [0.25, 0.3) is 0 Å². The number of nitrogens with one attached hydrogen (secondary N) is 1. The van der Waals surface area contributed by atoms with Gasteiger partial charge in [0.2, 0.25) is 10.0 Å². The Kier molecular flexibility index (Phi) is 5.93. The molecule has 32 heavy (non-hydrogen) atoms. The van der Waals surface area contributed by atoms with E-state index in [1.165, 1.54) is 36.5 Å². The Hall–Kier alpha value is -2.95. The number of carbonyl (C=O) groups is 2. The SMILES string of the molecule is COc1ccc(S(=O)(=O)N2CCOCC2)cc1NC(=O)C1(C)Cc2ccccc2C(=O)O1. The highest BCUT2D eigenvalue weighted by atomic mass is 32.2. The average Bonchev–Trinajstić information content (AvgIpc) is 2.79. The van der Waals surface area contributed by atoms with Crippen LogP contribution in [0.1, 0.15) is 22.8 Å². The molecular formula is C22H24N2O7S. The van der Waals surface area contributed by atoms with Gasteiger partial charge < -0.3 is 19.5 Å². The summed E-state index contributed by atoms with van der Waals surface area (Å²) < 4.78 is 43.4. The molecule has 0 saturated carbocycles. The Bertz CT molecular complexity index is 1160. The van der Waals surface area contributed by atoms with E-state index in [2.05, 4.69) is 5.32 Å². The number of nitrogens with zero attached hydrogens (tertiary/aromatic N) is 1. The third-order valence-electron chi connectivity index (χ3n) is 5.59. The molecule has 1 saturated heterocycles. The van der Waals surface area contributed by atoms with Gasteiger partial charge in [0.15, 0.2) is 5.60 Å². The van der Waals surface area contributed by atoms with Gasteiger partial charge in [-0.2, -0.15) is 4.31 Å². The number of methoxy groups -OCH3 is 1. The van der Waals surface area contributed by atoms with Crippen molar-refractivity contribution in [1.29, 1.82) is 0 Å². The largest absolute Gasteiger partial charge is 0.495 e. The van der Waals surface area contributed by atoms with Gasteiger partial charge in [0.1, 0.15) is 5.75 Å². The summed E-state index contributed by atoms with van der Waals surface area (Å²) >= 11 is 0. The zero-order valence-corrected chi connectivity index (χ0v) is 18.6. The van der Waals surface area contributed by atoms with Crippen molar-refractivity contribution in [2.45, 2.75) is 23.8 Å². The second-order valence-electron chi connectivity index (χ2n) is 7.79. The van der Waals surface area contributed by atoms with E-state index in [1.54, 1.807) is 24.3 Å². The van der Waals surface area contributed by atoms with Gasteiger partial charge in [0, 0.05) is 19.5 Å². The summed E-state index contributed by atoms with van der Waals surface area (Å²) in [4.78, 5) is 25.6. The van der Waals surface area contributed by atoms with Crippen molar-refractivity contribution in [2.75, 3.05) is 38.7 Å². The third-order valence-corrected chi connectivity index (χ3v) is 7.48. The van der Waals surface area contributed by atoms with E-state index in [0.717, 1.165) is 0 Å². The van der Waals surface area contributed by atoms with Gasteiger partial charge in [-0.15, -0.1) is 0 Å². The Labute approximate surface area is 186 Å². The highest BCUT2D eigenvalue weighted by Crippen LogP contribution is 2.33. The molecule has 1 fully saturated rings. The lowest BCUT2D eigenvalue weighted by molar-refractivity contribution is -0.134. The maximum Gasteiger partial charge on any atom is 0.339 e. The molecule has 1 unspecified atom stereocenters. The van der Waals surface area contributed by atoms with Crippen LogP contribution in [0.5, 0.6) is 5.75 Å². The van der Waals surface area contributed by atoms with Crippen LogP contribution in [0.2, 0.25) is 0 Å². The summed E-state index contributed by atoms with van der Waals surface area (Å²) in [6, 6.07) is 11.2. The van der Waals surface area contributed by atoms with E-state index < -0.39 is 27.5 Å². The van der Waals surface area contributed by atoms with Gasteiger partial charge in [-0.3, -0.25) is 4.79 Å². The predicted molar refractivity (Wildman–Crippen MR) is 115 cm³/mol. The molecule has 0 spiro atoms. The first-order chi connectivity index (χ1) is 15.2. The number of esters is 1. The quantitative estimate of drug-likeness (QED) is 0.678. The lowest BCUT2D eigenvalue weighted by atomic mass is 9.89. The monoisotopic (exact) mass is 460 g/mol. The molecule has 1 amide bonds. The Morgan fingerprint density at radius 2 is 1.88 bits per heavy atom. The topological polar surface area (TPSA) is 111 Å². The number of hydrogen-bond donors (Lipinski definition) is 1. The molecule has 2 aromatic carbocycles. The van der Waals surface area contributed by atoms with E-state index in [9.17, 15) is 18.0 Å². The summed E-state index contributed by atoms with van der Waals surface area (Å²) in [7, 11) is -2.36. The van der Waals surface area contributed by atoms with E-state index in [1.807, 2.05) is 0 Å². The standard InChI is InChI=1S/C22H24N2O7S/c1-22(14-15-5-3-4-6-17(15)20(25)31-22)21(26)23-18-13-16(7-8-19(18)29-2)32(27,28)24-9-11-30-12-10-24/h3-8,13H,9-12,14H2,1-2H3,(H,23,26). The first-order valence-corrected chi connectivity index (χ1v) is 11.6. The predicted octanol–water partition coefficient (Wildman–Crippen LogP) is 1.83. The molecule has 10 heteroatoms. The molecule has 4 rings (SSSR count). The Balaban J connectivity index is 1.62. The van der Waals surface area contributed by atoms with Gasteiger partial charge >= 0.3 is 5.97 Å². The first-order valence-electron chi connectivity index (χ1n) is 10.1. The van der Waals surface area contributed by atoms with E-state index in [4.69, 9.17) is 14.2 Å². The highest BCUT2D eigenvalue weighted by Gasteiger charge is 2.43. The van der Waals surface area contributed by atoms with Gasteiger partial charge in [-0.1, -0.05) is 18.2 Å². The number of sulfonamides is 1. The van der Waals surface area contributed by atoms with Crippen LogP contribution in [0.3, 0.4) is 0 Å². The van der Waals surface area contributed by atoms with Crippen molar-refractivity contribution < 1.29 is 32.2 Å². The number of amides is 1. The van der Waals surface area contributed by atoms with Crippen molar-refractivity contribution in [3.8, 4) is 5.75 Å². The van der Waals surface area contributed by atoms with Crippen LogP contribution in [-0.2, 0) is 30.7 Å². The fraction of sp³-hybridized carbons (Fsp3) is 0.364. The molecule has 0 aromatic heterocycles. The number of carbonyl (C=O) groups excluding carboxylic acids is 2. The number of rotatable bonds is 5. The molecule has 0 aliphatic carbocycles. The Morgan fingerprint density at radius 1 is 1.16 bits per heavy atom. The van der Waals surface area contributed by atoms with Crippen molar-refractivity contribution in [1.82, 2.24) is 4.31 Å². The van der Waals surface area contributed by atoms with Crippen molar-refractivity contribution in [3.05, 3.63) is 53.6 Å². The smallest absolute Gasteiger partial charge is 0.339 e. The molecule has 1 N–H and O–H groups in total. The molecule has 2 heterocycles. The number of morpholine rings is 1. The van der Waals surface area contributed by atoms with Crippen molar-refractivity contribution in [2.24, 2.45) is 0 Å². The number of hydrogen-bond acceptors (Lipinski definition) is 7. The molecule has 9 nitrogen and oxygen atoms in total. The van der Waals surface area contributed by atoms with E-state index in [-0.39, 0.29) is 35.8 Å². The second kappa shape index (κ2) is 8.53. The summed E-state index contributed by atoms with van der Waals surface area (Å²) in [5, 5.41) is 2.69. The van der Waals surface area contributed by atoms with Crippen molar-refractivity contribution in [3.63, 3.8) is 0 Å². The maximum absolute atomic E-state index is 13.2. The van der Waals surface area contributed by atoms with Gasteiger partial charge in [-0.25, -0.2) is 13.2 Å². The Morgan fingerprint density at radius 3 is 2.59 bits per heavy atom. The fourth-order valence-corrected chi connectivity index (χ4v) is 5.23. The minimum Gasteiger partial charge on any atom is -0.495 e. The first kappa shape index (κ1) is 22.3. The van der Waals surface area contributed by atoms with Crippen LogP contribution in [0, 0.1) is 0 Å². The second-order valence-corrected chi connectivity index (χ2v) is 9.72. The normalized spacial score (nSPS) is 21.4. The molecular weight excluding hydrogens is 436 g/mol. The number of anilines is 1. The van der Waals surface area contributed by atoms with Crippen LogP contribution in [0.15, 0.2) is 47.4 Å². The third kappa shape index (κ3) is 4.08. The minimum absolute atomic E-state index is 0.0200. The van der Waals surface area contributed by atoms with Gasteiger partial charge in [0.25, 0.3) is 5.91 Å². The van der Waals surface area contributed by atoms with Crippen molar-refractivity contribution >= 4 is 27.6 Å². The highest BCUT2D eigenvalue weighted by molar-refractivity contribution is 7.89.